The molecule has 1 aliphatic heterocycles. The average Bonchev–Trinajstić information content (AvgIpc) is 2.96. The van der Waals surface area contributed by atoms with Gasteiger partial charge in [-0.15, -0.1) is 0 Å². The molecule has 0 saturated carbocycles. The molecule has 0 spiro atoms. The lowest BCUT2D eigenvalue weighted by Gasteiger charge is -2.25. The highest BCUT2D eigenvalue weighted by Gasteiger charge is 2.23. The van der Waals surface area contributed by atoms with E-state index in [-0.39, 0.29) is 5.91 Å². The summed E-state index contributed by atoms with van der Waals surface area (Å²) >= 11 is 1.66. The number of hydrogen-bond acceptors (Lipinski definition) is 3. The lowest BCUT2D eigenvalue weighted by molar-refractivity contribution is -0.129. The number of nitrogens with zero attached hydrogens (tertiary/aromatic N) is 2. The van der Waals surface area contributed by atoms with Gasteiger partial charge in [0.05, 0.1) is 5.69 Å². The maximum Gasteiger partial charge on any atom is 0.219 e. The molecule has 0 unspecified atom stereocenters. The van der Waals surface area contributed by atoms with E-state index in [1.54, 1.807) is 18.3 Å². The first-order valence-corrected chi connectivity index (χ1v) is 6.54. The fourth-order valence-electron chi connectivity index (χ4n) is 2.20. The van der Waals surface area contributed by atoms with Crippen LogP contribution in [0.3, 0.4) is 0 Å². The number of nitrogens with one attached hydrogen (secondary N) is 1. The standard InChI is InChI=1S/C12H13N3OS/c1-8(16)15-4-2-11-10(6-15)12(14-13-11)9-3-5-17-7-9/h3,5,7H,2,4,6H2,1H3,(H,13,14). The Kier molecular flexibility index (Phi) is 2.48. The number of rotatable bonds is 1. The first kappa shape index (κ1) is 10.5. The molecule has 3 heterocycles. The second kappa shape index (κ2) is 4.00. The van der Waals surface area contributed by atoms with E-state index < -0.39 is 0 Å². The van der Waals surface area contributed by atoms with Crippen LogP contribution in [0.2, 0.25) is 0 Å². The molecule has 2 aromatic heterocycles. The molecule has 88 valence electrons. The van der Waals surface area contributed by atoms with Crippen molar-refractivity contribution in [2.75, 3.05) is 6.54 Å². The third-order valence-electron chi connectivity index (χ3n) is 3.17. The topological polar surface area (TPSA) is 49.0 Å². The molecule has 0 fully saturated rings. The van der Waals surface area contributed by atoms with Crippen molar-refractivity contribution in [1.82, 2.24) is 15.1 Å². The van der Waals surface area contributed by atoms with Gasteiger partial charge in [-0.1, -0.05) is 0 Å². The van der Waals surface area contributed by atoms with Gasteiger partial charge in [-0.05, 0) is 11.4 Å². The second-order valence-corrected chi connectivity index (χ2v) is 5.01. The van der Waals surface area contributed by atoms with Crippen LogP contribution in [-0.4, -0.2) is 27.5 Å². The van der Waals surface area contributed by atoms with E-state index in [4.69, 9.17) is 0 Å². The van der Waals surface area contributed by atoms with Crippen LogP contribution >= 0.6 is 11.3 Å². The van der Waals surface area contributed by atoms with E-state index in [1.807, 2.05) is 10.3 Å². The van der Waals surface area contributed by atoms with Gasteiger partial charge in [-0.2, -0.15) is 16.4 Å². The monoisotopic (exact) mass is 247 g/mol. The molecule has 0 aromatic carbocycles. The molecule has 0 aliphatic carbocycles. The molecule has 2 aromatic rings. The van der Waals surface area contributed by atoms with Crippen molar-refractivity contribution >= 4 is 17.2 Å². The van der Waals surface area contributed by atoms with Gasteiger partial charge in [0.25, 0.3) is 0 Å². The van der Waals surface area contributed by atoms with E-state index in [9.17, 15) is 4.79 Å². The zero-order valence-electron chi connectivity index (χ0n) is 9.56. The molecule has 1 amide bonds. The summed E-state index contributed by atoms with van der Waals surface area (Å²) in [6.07, 6.45) is 0.867. The van der Waals surface area contributed by atoms with Crippen molar-refractivity contribution in [3.63, 3.8) is 0 Å². The molecule has 1 N–H and O–H groups in total. The number of thiophene rings is 1. The number of H-pyrrole nitrogens is 1. The summed E-state index contributed by atoms with van der Waals surface area (Å²) < 4.78 is 0. The van der Waals surface area contributed by atoms with E-state index in [0.29, 0.717) is 6.54 Å². The fraction of sp³-hybridized carbons (Fsp3) is 0.333. The van der Waals surface area contributed by atoms with Crippen molar-refractivity contribution in [3.05, 3.63) is 28.1 Å². The Bertz CT molecular complexity index is 544. The van der Waals surface area contributed by atoms with Crippen molar-refractivity contribution in [2.45, 2.75) is 19.9 Å². The zero-order valence-corrected chi connectivity index (χ0v) is 10.4. The Balaban J connectivity index is 2.00. The van der Waals surface area contributed by atoms with Crippen LogP contribution < -0.4 is 0 Å². The Morgan fingerprint density at radius 2 is 2.47 bits per heavy atom. The van der Waals surface area contributed by atoms with E-state index in [0.717, 1.165) is 24.2 Å². The van der Waals surface area contributed by atoms with Crippen LogP contribution in [-0.2, 0) is 17.8 Å². The number of aromatic nitrogens is 2. The van der Waals surface area contributed by atoms with E-state index >= 15 is 0 Å². The molecule has 0 atom stereocenters. The zero-order chi connectivity index (χ0) is 11.8. The van der Waals surface area contributed by atoms with Gasteiger partial charge in [0.1, 0.15) is 0 Å². The minimum absolute atomic E-state index is 0.133. The smallest absolute Gasteiger partial charge is 0.219 e. The minimum atomic E-state index is 0.133. The molecule has 0 bridgehead atoms. The van der Waals surface area contributed by atoms with E-state index in [1.165, 1.54) is 11.3 Å². The molecule has 1 aliphatic rings. The van der Waals surface area contributed by atoms with Gasteiger partial charge in [0, 0.05) is 48.6 Å². The number of aromatic amines is 1. The highest BCUT2D eigenvalue weighted by Crippen LogP contribution is 2.29. The largest absolute Gasteiger partial charge is 0.338 e. The summed E-state index contributed by atoms with van der Waals surface area (Å²) in [7, 11) is 0. The summed E-state index contributed by atoms with van der Waals surface area (Å²) in [5.41, 5.74) is 4.47. The Labute approximate surface area is 103 Å². The van der Waals surface area contributed by atoms with Crippen LogP contribution in [0.4, 0.5) is 0 Å². The summed E-state index contributed by atoms with van der Waals surface area (Å²) in [5, 5.41) is 11.6. The van der Waals surface area contributed by atoms with Crippen molar-refractivity contribution in [2.24, 2.45) is 0 Å². The summed E-state index contributed by atoms with van der Waals surface area (Å²) in [4.78, 5) is 13.3. The third-order valence-corrected chi connectivity index (χ3v) is 3.86. The van der Waals surface area contributed by atoms with Gasteiger partial charge < -0.3 is 4.90 Å². The molecular formula is C12H13N3OS. The second-order valence-electron chi connectivity index (χ2n) is 4.23. The summed E-state index contributed by atoms with van der Waals surface area (Å²) in [5.74, 6) is 0.133. The minimum Gasteiger partial charge on any atom is -0.338 e. The summed E-state index contributed by atoms with van der Waals surface area (Å²) in [6.45, 7) is 3.08. The van der Waals surface area contributed by atoms with Gasteiger partial charge in [-0.25, -0.2) is 0 Å². The highest BCUT2D eigenvalue weighted by atomic mass is 32.1. The van der Waals surface area contributed by atoms with Crippen molar-refractivity contribution in [3.8, 4) is 11.3 Å². The Hall–Kier alpha value is -1.62. The molecule has 0 saturated heterocycles. The first-order valence-electron chi connectivity index (χ1n) is 5.60. The first-order chi connectivity index (χ1) is 8.25. The predicted octanol–water partition coefficient (Wildman–Crippen LogP) is 2.04. The van der Waals surface area contributed by atoms with Crippen molar-refractivity contribution in [1.29, 1.82) is 0 Å². The predicted molar refractivity (Wildman–Crippen MR) is 66.7 cm³/mol. The number of amides is 1. The molecular weight excluding hydrogens is 234 g/mol. The van der Waals surface area contributed by atoms with Crippen LogP contribution in [0.25, 0.3) is 11.3 Å². The molecule has 4 nitrogen and oxygen atoms in total. The van der Waals surface area contributed by atoms with Gasteiger partial charge >= 0.3 is 0 Å². The molecule has 0 radical (unpaired) electrons. The molecule has 17 heavy (non-hydrogen) atoms. The Morgan fingerprint density at radius 1 is 1.59 bits per heavy atom. The number of carbonyl (C=O) groups is 1. The van der Waals surface area contributed by atoms with Gasteiger partial charge in [0.15, 0.2) is 0 Å². The quantitative estimate of drug-likeness (QED) is 0.838. The highest BCUT2D eigenvalue weighted by molar-refractivity contribution is 7.08. The molecule has 3 rings (SSSR count). The van der Waals surface area contributed by atoms with Crippen molar-refractivity contribution < 1.29 is 4.79 Å². The normalized spacial score (nSPS) is 14.8. The van der Waals surface area contributed by atoms with Gasteiger partial charge in [0.2, 0.25) is 5.91 Å². The SMILES string of the molecule is CC(=O)N1CCc2[nH]nc(-c3ccsc3)c2C1. The fourth-order valence-corrected chi connectivity index (χ4v) is 2.84. The van der Waals surface area contributed by atoms with Crippen LogP contribution in [0.5, 0.6) is 0 Å². The average molecular weight is 247 g/mol. The summed E-state index contributed by atoms with van der Waals surface area (Å²) in [6, 6.07) is 2.06. The van der Waals surface area contributed by atoms with E-state index in [2.05, 4.69) is 21.6 Å². The number of fused-ring (bicyclic) bond motifs is 1. The number of hydrogen-bond donors (Lipinski definition) is 1. The lowest BCUT2D eigenvalue weighted by atomic mass is 10.0. The van der Waals surface area contributed by atoms with Crippen LogP contribution in [0.15, 0.2) is 16.8 Å². The third kappa shape index (κ3) is 1.76. The maximum absolute atomic E-state index is 11.4. The van der Waals surface area contributed by atoms with Crippen LogP contribution in [0, 0.1) is 0 Å². The van der Waals surface area contributed by atoms with Gasteiger partial charge in [-0.3, -0.25) is 9.89 Å². The molecule has 5 heteroatoms. The number of carbonyl (C=O) groups excluding carboxylic acids is 1. The maximum atomic E-state index is 11.4. The Morgan fingerprint density at radius 3 is 3.18 bits per heavy atom. The van der Waals surface area contributed by atoms with Crippen LogP contribution in [0.1, 0.15) is 18.2 Å². The lowest BCUT2D eigenvalue weighted by Crippen LogP contribution is -2.34.